The molecule has 10 heteroatoms. The van der Waals surface area contributed by atoms with E-state index in [-0.39, 0.29) is 22.4 Å². The summed E-state index contributed by atoms with van der Waals surface area (Å²) in [5.74, 6) is 0. The van der Waals surface area contributed by atoms with Gasteiger partial charge in [0.05, 0.1) is 0 Å². The average Bonchev–Trinajstić information content (AvgIpc) is 1.58. The fourth-order valence-electron chi connectivity index (χ4n) is 0.146. The fourth-order valence-corrected chi connectivity index (χ4v) is 0.439. The summed E-state index contributed by atoms with van der Waals surface area (Å²) >= 11 is 0. The Balaban J connectivity index is 0. The standard InChI is InChI=1S/C2HF5O3S.Ag/c3-1(4,5)2(6,7)11(8,9)10;/h(H,8,9,10);. The molecular formula is C2HAgF5O3S. The summed E-state index contributed by atoms with van der Waals surface area (Å²) in [6.07, 6.45) is -6.29. The number of hydrogen-bond acceptors (Lipinski definition) is 2. The van der Waals surface area contributed by atoms with E-state index in [0.717, 1.165) is 0 Å². The van der Waals surface area contributed by atoms with Crippen molar-refractivity contribution >= 4 is 10.1 Å². The van der Waals surface area contributed by atoms with E-state index in [2.05, 4.69) is 0 Å². The summed E-state index contributed by atoms with van der Waals surface area (Å²) in [6.45, 7) is 0. The van der Waals surface area contributed by atoms with Crippen LogP contribution in [0.2, 0.25) is 0 Å². The van der Waals surface area contributed by atoms with Crippen molar-refractivity contribution < 1.29 is 57.3 Å². The minimum atomic E-state index is -6.42. The van der Waals surface area contributed by atoms with Crippen LogP contribution in [0.1, 0.15) is 0 Å². The molecule has 0 bridgehead atoms. The van der Waals surface area contributed by atoms with Crippen LogP contribution < -0.4 is 0 Å². The molecule has 0 aromatic carbocycles. The number of alkyl halides is 5. The minimum Gasteiger partial charge on any atom is -0.281 e. The van der Waals surface area contributed by atoms with Crippen molar-refractivity contribution in [2.45, 2.75) is 11.4 Å². The topological polar surface area (TPSA) is 54.4 Å². The second-order valence-corrected chi connectivity index (χ2v) is 2.95. The summed E-state index contributed by atoms with van der Waals surface area (Å²) in [4.78, 5) is 0. The van der Waals surface area contributed by atoms with E-state index in [1.54, 1.807) is 0 Å². The van der Waals surface area contributed by atoms with E-state index in [9.17, 15) is 30.4 Å². The molecule has 12 heavy (non-hydrogen) atoms. The smallest absolute Gasteiger partial charge is 0.281 e. The largest absolute Gasteiger partial charge is 0.472 e. The third-order valence-electron chi connectivity index (χ3n) is 0.654. The van der Waals surface area contributed by atoms with Crippen molar-refractivity contribution in [2.75, 3.05) is 0 Å². The van der Waals surface area contributed by atoms with Gasteiger partial charge in [-0.05, 0) is 0 Å². The van der Waals surface area contributed by atoms with E-state index in [4.69, 9.17) is 4.55 Å². The Morgan fingerprint density at radius 3 is 1.25 bits per heavy atom. The molecule has 3 nitrogen and oxygen atoms in total. The Morgan fingerprint density at radius 2 is 1.25 bits per heavy atom. The van der Waals surface area contributed by atoms with Crippen LogP contribution in [-0.4, -0.2) is 24.4 Å². The predicted molar refractivity (Wildman–Crippen MR) is 22.6 cm³/mol. The maximum Gasteiger partial charge on any atom is 0.472 e. The molecule has 0 atom stereocenters. The van der Waals surface area contributed by atoms with Crippen molar-refractivity contribution in [1.82, 2.24) is 0 Å². The van der Waals surface area contributed by atoms with Crippen molar-refractivity contribution in [3.05, 3.63) is 0 Å². The van der Waals surface area contributed by atoms with Crippen LogP contribution in [0.4, 0.5) is 22.0 Å². The third kappa shape index (κ3) is 2.66. The first-order valence-electron chi connectivity index (χ1n) is 1.91. The molecule has 0 saturated carbocycles. The maximum atomic E-state index is 11.5. The van der Waals surface area contributed by atoms with Crippen LogP contribution in [0.15, 0.2) is 0 Å². The summed E-state index contributed by atoms with van der Waals surface area (Å²) in [5, 5.41) is -6.10. The summed E-state index contributed by atoms with van der Waals surface area (Å²) in [5.41, 5.74) is 0. The average molecular weight is 308 g/mol. The second kappa shape index (κ2) is 3.58. The van der Waals surface area contributed by atoms with E-state index in [1.807, 2.05) is 0 Å². The first-order chi connectivity index (χ1) is 4.50. The van der Waals surface area contributed by atoms with Crippen molar-refractivity contribution in [3.63, 3.8) is 0 Å². The van der Waals surface area contributed by atoms with Crippen molar-refractivity contribution in [2.24, 2.45) is 0 Å². The molecule has 79 valence electrons. The fraction of sp³-hybridized carbons (Fsp3) is 1.00. The molecule has 0 rings (SSSR count). The molecule has 0 saturated heterocycles. The predicted octanol–water partition coefficient (Wildman–Crippen LogP) is 1.03. The minimum absolute atomic E-state index is 0. The molecule has 0 aliphatic heterocycles. The normalized spacial score (nSPS) is 13.8. The van der Waals surface area contributed by atoms with Crippen LogP contribution in [0.5, 0.6) is 0 Å². The van der Waals surface area contributed by atoms with Crippen LogP contribution in [0.25, 0.3) is 0 Å². The molecule has 1 radical (unpaired) electrons. The molecule has 0 amide bonds. The van der Waals surface area contributed by atoms with Gasteiger partial charge >= 0.3 is 21.5 Å². The molecule has 0 aromatic heterocycles. The van der Waals surface area contributed by atoms with E-state index in [0.29, 0.717) is 0 Å². The van der Waals surface area contributed by atoms with Crippen molar-refractivity contribution in [3.8, 4) is 0 Å². The second-order valence-electron chi connectivity index (χ2n) is 1.49. The van der Waals surface area contributed by atoms with Gasteiger partial charge in [0.25, 0.3) is 0 Å². The van der Waals surface area contributed by atoms with Gasteiger partial charge in [-0.1, -0.05) is 0 Å². The van der Waals surface area contributed by atoms with Crippen LogP contribution in [-0.2, 0) is 32.5 Å². The molecule has 0 aliphatic rings. The van der Waals surface area contributed by atoms with Gasteiger partial charge in [0.1, 0.15) is 0 Å². The van der Waals surface area contributed by atoms with Gasteiger partial charge in [-0.3, -0.25) is 4.55 Å². The Labute approximate surface area is 79.2 Å². The molecule has 0 aliphatic carbocycles. The number of rotatable bonds is 1. The SMILES string of the molecule is O=S(=O)(O)C(F)(F)C(F)(F)F.[Ag]. The molecule has 0 fully saturated rings. The van der Waals surface area contributed by atoms with Gasteiger partial charge in [0, 0.05) is 22.4 Å². The molecule has 1 N–H and O–H groups in total. The van der Waals surface area contributed by atoms with Crippen LogP contribution in [0, 0.1) is 0 Å². The van der Waals surface area contributed by atoms with Gasteiger partial charge in [-0.15, -0.1) is 0 Å². The Hall–Kier alpha value is 0.300. The number of hydrogen-bond donors (Lipinski definition) is 1. The molecule has 0 heterocycles. The van der Waals surface area contributed by atoms with Gasteiger partial charge in [0.2, 0.25) is 0 Å². The zero-order valence-electron chi connectivity index (χ0n) is 4.86. The van der Waals surface area contributed by atoms with Gasteiger partial charge in [-0.2, -0.15) is 30.4 Å². The molecule has 0 unspecified atom stereocenters. The Bertz CT molecular complexity index is 242. The van der Waals surface area contributed by atoms with Crippen LogP contribution >= 0.6 is 0 Å². The molecule has 0 aromatic rings. The number of halogens is 5. The van der Waals surface area contributed by atoms with E-state index >= 15 is 0 Å². The first kappa shape index (κ1) is 14.8. The maximum absolute atomic E-state index is 11.5. The van der Waals surface area contributed by atoms with Gasteiger partial charge in [0.15, 0.2) is 0 Å². The zero-order valence-corrected chi connectivity index (χ0v) is 7.16. The summed E-state index contributed by atoms with van der Waals surface area (Å²) in [7, 11) is -6.42. The zero-order chi connectivity index (χ0) is 9.50. The Morgan fingerprint density at radius 1 is 1.00 bits per heavy atom. The van der Waals surface area contributed by atoms with E-state index in [1.165, 1.54) is 0 Å². The van der Waals surface area contributed by atoms with Crippen LogP contribution in [0.3, 0.4) is 0 Å². The van der Waals surface area contributed by atoms with Gasteiger partial charge < -0.3 is 0 Å². The monoisotopic (exact) mass is 307 g/mol. The molecular weight excluding hydrogens is 307 g/mol. The quantitative estimate of drug-likeness (QED) is 0.447. The van der Waals surface area contributed by atoms with Crippen molar-refractivity contribution in [1.29, 1.82) is 0 Å². The third-order valence-corrected chi connectivity index (χ3v) is 1.53. The van der Waals surface area contributed by atoms with Gasteiger partial charge in [-0.25, -0.2) is 0 Å². The first-order valence-corrected chi connectivity index (χ1v) is 3.36. The Kier molecular flexibility index (Phi) is 4.42. The summed E-state index contributed by atoms with van der Waals surface area (Å²) in [6, 6.07) is 0. The molecule has 0 spiro atoms. The summed E-state index contributed by atoms with van der Waals surface area (Å²) < 4.78 is 82.2. The van der Waals surface area contributed by atoms with E-state index < -0.39 is 21.5 Å².